The van der Waals surface area contributed by atoms with Crippen LogP contribution in [0.25, 0.3) is 0 Å². The number of hydrogen-bond donors (Lipinski definition) is 2. The molecule has 1 heterocycles. The number of furan rings is 1. The third-order valence-electron chi connectivity index (χ3n) is 2.44. The minimum atomic E-state index is -0.223. The third-order valence-corrected chi connectivity index (χ3v) is 2.86. The van der Waals surface area contributed by atoms with Crippen LogP contribution in [0.2, 0.25) is 0 Å². The standard InChI is InChI=1S/C13H12BrNO3/c14-12-7-10(8-18-12)13(17)15-11-3-1-9(2-4-11)5-6-16/h1-4,7-8,16H,5-6H2,(H,15,17). The Balaban J connectivity index is 2.03. The summed E-state index contributed by atoms with van der Waals surface area (Å²) in [5.74, 6) is -0.223. The van der Waals surface area contributed by atoms with E-state index in [-0.39, 0.29) is 12.5 Å². The lowest BCUT2D eigenvalue weighted by molar-refractivity contribution is 0.102. The van der Waals surface area contributed by atoms with E-state index < -0.39 is 0 Å². The number of anilines is 1. The third kappa shape index (κ3) is 3.21. The number of halogens is 1. The van der Waals surface area contributed by atoms with Gasteiger partial charge in [-0.3, -0.25) is 4.79 Å². The van der Waals surface area contributed by atoms with Crippen LogP contribution in [-0.4, -0.2) is 17.6 Å². The maximum absolute atomic E-state index is 11.8. The molecule has 2 aromatic rings. The molecule has 18 heavy (non-hydrogen) atoms. The van der Waals surface area contributed by atoms with E-state index in [1.807, 2.05) is 12.1 Å². The molecule has 2 rings (SSSR count). The molecule has 0 bridgehead atoms. The van der Waals surface area contributed by atoms with Crippen molar-refractivity contribution in [3.05, 3.63) is 52.4 Å². The lowest BCUT2D eigenvalue weighted by Gasteiger charge is -2.04. The summed E-state index contributed by atoms with van der Waals surface area (Å²) in [5.41, 5.74) is 2.20. The first-order valence-electron chi connectivity index (χ1n) is 5.44. The fraction of sp³-hybridized carbons (Fsp3) is 0.154. The molecule has 1 aromatic carbocycles. The maximum atomic E-state index is 11.8. The van der Waals surface area contributed by atoms with Crippen LogP contribution in [0.3, 0.4) is 0 Å². The predicted octanol–water partition coefficient (Wildman–Crippen LogP) is 2.83. The summed E-state index contributed by atoms with van der Waals surface area (Å²) in [6.07, 6.45) is 2.00. The van der Waals surface area contributed by atoms with Gasteiger partial charge in [0.1, 0.15) is 6.26 Å². The van der Waals surface area contributed by atoms with Crippen molar-refractivity contribution in [2.75, 3.05) is 11.9 Å². The van der Waals surface area contributed by atoms with Crippen LogP contribution >= 0.6 is 15.9 Å². The molecule has 1 aromatic heterocycles. The Labute approximate surface area is 113 Å². The highest BCUT2D eigenvalue weighted by Crippen LogP contribution is 2.16. The predicted molar refractivity (Wildman–Crippen MR) is 71.6 cm³/mol. The zero-order valence-electron chi connectivity index (χ0n) is 9.52. The van der Waals surface area contributed by atoms with Crippen molar-refractivity contribution in [3.63, 3.8) is 0 Å². The molecule has 0 aliphatic carbocycles. The molecule has 94 valence electrons. The van der Waals surface area contributed by atoms with Gasteiger partial charge < -0.3 is 14.8 Å². The molecule has 0 fully saturated rings. The van der Waals surface area contributed by atoms with E-state index in [0.717, 1.165) is 5.56 Å². The molecule has 2 N–H and O–H groups in total. The van der Waals surface area contributed by atoms with E-state index in [2.05, 4.69) is 21.2 Å². The van der Waals surface area contributed by atoms with Crippen molar-refractivity contribution in [1.82, 2.24) is 0 Å². The van der Waals surface area contributed by atoms with Gasteiger partial charge in [0.2, 0.25) is 0 Å². The highest BCUT2D eigenvalue weighted by molar-refractivity contribution is 9.10. The lowest BCUT2D eigenvalue weighted by atomic mass is 10.1. The van der Waals surface area contributed by atoms with Crippen molar-refractivity contribution in [2.24, 2.45) is 0 Å². The van der Waals surface area contributed by atoms with Crippen LogP contribution in [0.4, 0.5) is 5.69 Å². The quantitative estimate of drug-likeness (QED) is 0.913. The number of aliphatic hydroxyl groups excluding tert-OH is 1. The highest BCUT2D eigenvalue weighted by atomic mass is 79.9. The molecule has 0 spiro atoms. The molecule has 5 heteroatoms. The van der Waals surface area contributed by atoms with Crippen molar-refractivity contribution >= 4 is 27.5 Å². The fourth-order valence-corrected chi connectivity index (χ4v) is 1.86. The van der Waals surface area contributed by atoms with Gasteiger partial charge in [0.05, 0.1) is 5.56 Å². The number of rotatable bonds is 4. The molecule has 4 nitrogen and oxygen atoms in total. The lowest BCUT2D eigenvalue weighted by Crippen LogP contribution is -2.10. The number of carbonyl (C=O) groups is 1. The second-order valence-electron chi connectivity index (χ2n) is 3.76. The van der Waals surface area contributed by atoms with E-state index in [4.69, 9.17) is 9.52 Å². The minimum absolute atomic E-state index is 0.120. The molecule has 1 amide bonds. The zero-order chi connectivity index (χ0) is 13.0. The second-order valence-corrected chi connectivity index (χ2v) is 4.55. The Hall–Kier alpha value is -1.59. The Morgan fingerprint density at radius 3 is 2.61 bits per heavy atom. The van der Waals surface area contributed by atoms with Crippen molar-refractivity contribution < 1.29 is 14.3 Å². The Bertz CT molecular complexity index is 533. The summed E-state index contributed by atoms with van der Waals surface area (Å²) in [5, 5.41) is 11.6. The van der Waals surface area contributed by atoms with Gasteiger partial charge in [-0.25, -0.2) is 0 Å². The van der Waals surface area contributed by atoms with E-state index >= 15 is 0 Å². The number of hydrogen-bond acceptors (Lipinski definition) is 3. The summed E-state index contributed by atoms with van der Waals surface area (Å²) in [6.45, 7) is 0.120. The molecular formula is C13H12BrNO3. The van der Waals surface area contributed by atoms with Gasteiger partial charge in [0.15, 0.2) is 4.67 Å². The van der Waals surface area contributed by atoms with Crippen molar-refractivity contribution in [2.45, 2.75) is 6.42 Å². The van der Waals surface area contributed by atoms with Gasteiger partial charge in [0.25, 0.3) is 5.91 Å². The summed E-state index contributed by atoms with van der Waals surface area (Å²) >= 11 is 3.14. The largest absolute Gasteiger partial charge is 0.457 e. The number of benzene rings is 1. The fourth-order valence-electron chi connectivity index (χ4n) is 1.52. The van der Waals surface area contributed by atoms with E-state index in [9.17, 15) is 4.79 Å². The molecule has 0 saturated carbocycles. The monoisotopic (exact) mass is 309 g/mol. The van der Waals surface area contributed by atoms with Gasteiger partial charge in [-0.15, -0.1) is 0 Å². The average Bonchev–Trinajstić information content (AvgIpc) is 2.79. The van der Waals surface area contributed by atoms with Gasteiger partial charge in [-0.05, 0) is 40.0 Å². The zero-order valence-corrected chi connectivity index (χ0v) is 11.1. The molecule has 0 atom stereocenters. The van der Waals surface area contributed by atoms with Gasteiger partial charge >= 0.3 is 0 Å². The summed E-state index contributed by atoms with van der Waals surface area (Å²) in [4.78, 5) is 11.8. The van der Waals surface area contributed by atoms with Crippen LogP contribution in [0.5, 0.6) is 0 Å². The number of aliphatic hydroxyl groups is 1. The Morgan fingerprint density at radius 1 is 1.33 bits per heavy atom. The Morgan fingerprint density at radius 2 is 2.06 bits per heavy atom. The van der Waals surface area contributed by atoms with E-state index in [1.54, 1.807) is 18.2 Å². The number of amides is 1. The van der Waals surface area contributed by atoms with Crippen LogP contribution in [-0.2, 0) is 6.42 Å². The Kier molecular flexibility index (Phi) is 4.17. The summed E-state index contributed by atoms with van der Waals surface area (Å²) < 4.78 is 5.52. The minimum Gasteiger partial charge on any atom is -0.457 e. The smallest absolute Gasteiger partial charge is 0.258 e. The second kappa shape index (κ2) is 5.84. The summed E-state index contributed by atoms with van der Waals surface area (Å²) in [6, 6.07) is 8.96. The van der Waals surface area contributed by atoms with Crippen molar-refractivity contribution in [1.29, 1.82) is 0 Å². The molecular weight excluding hydrogens is 298 g/mol. The molecule has 0 radical (unpaired) electrons. The first-order valence-corrected chi connectivity index (χ1v) is 6.23. The molecule has 0 aliphatic heterocycles. The van der Waals surface area contributed by atoms with Crippen LogP contribution in [0, 0.1) is 0 Å². The van der Waals surface area contributed by atoms with E-state index in [0.29, 0.717) is 22.3 Å². The number of carbonyl (C=O) groups excluding carboxylic acids is 1. The van der Waals surface area contributed by atoms with Crippen molar-refractivity contribution in [3.8, 4) is 0 Å². The van der Waals surface area contributed by atoms with Gasteiger partial charge in [-0.2, -0.15) is 0 Å². The molecule has 0 aliphatic rings. The van der Waals surface area contributed by atoms with Gasteiger partial charge in [0, 0.05) is 18.4 Å². The first kappa shape index (κ1) is 12.9. The first-order chi connectivity index (χ1) is 8.69. The molecule has 0 unspecified atom stereocenters. The van der Waals surface area contributed by atoms with E-state index in [1.165, 1.54) is 6.26 Å². The normalized spacial score (nSPS) is 10.3. The van der Waals surface area contributed by atoms with Crippen LogP contribution in [0.1, 0.15) is 15.9 Å². The SMILES string of the molecule is O=C(Nc1ccc(CCO)cc1)c1coc(Br)c1. The van der Waals surface area contributed by atoms with Crippen LogP contribution < -0.4 is 5.32 Å². The molecule has 0 saturated heterocycles. The topological polar surface area (TPSA) is 62.5 Å². The highest BCUT2D eigenvalue weighted by Gasteiger charge is 2.09. The van der Waals surface area contributed by atoms with Gasteiger partial charge in [-0.1, -0.05) is 12.1 Å². The van der Waals surface area contributed by atoms with Crippen LogP contribution in [0.15, 0.2) is 45.7 Å². The number of nitrogens with one attached hydrogen (secondary N) is 1. The maximum Gasteiger partial charge on any atom is 0.258 e. The summed E-state index contributed by atoms with van der Waals surface area (Å²) in [7, 11) is 0. The average molecular weight is 310 g/mol.